The van der Waals surface area contributed by atoms with Crippen molar-refractivity contribution in [2.45, 2.75) is 50.3 Å². The number of rotatable bonds is 5. The first-order valence-electron chi connectivity index (χ1n) is 10.5. The van der Waals surface area contributed by atoms with E-state index in [1.165, 1.54) is 5.56 Å². The van der Waals surface area contributed by atoms with Crippen LogP contribution in [0.5, 0.6) is 0 Å². The van der Waals surface area contributed by atoms with Gasteiger partial charge in [0.05, 0.1) is 30.6 Å². The Balaban J connectivity index is 0.000000360. The number of hydrogen-bond donors (Lipinski definition) is 1. The van der Waals surface area contributed by atoms with Crippen LogP contribution in [0.25, 0.3) is 0 Å². The Kier molecular flexibility index (Phi) is 7.91. The number of likely N-dealkylation sites (tertiary alicyclic amines) is 1. The molecule has 1 aromatic carbocycles. The summed E-state index contributed by atoms with van der Waals surface area (Å²) in [7, 11) is 1.97. The van der Waals surface area contributed by atoms with E-state index in [2.05, 4.69) is 40.3 Å². The Morgan fingerprint density at radius 2 is 1.91 bits per heavy atom. The van der Waals surface area contributed by atoms with Gasteiger partial charge in [-0.05, 0) is 24.5 Å². The van der Waals surface area contributed by atoms with E-state index in [4.69, 9.17) is 19.4 Å². The fraction of sp³-hybridized carbons (Fsp3) is 0.545. The zero-order valence-electron chi connectivity index (χ0n) is 17.9. The molecule has 0 aliphatic carbocycles. The molecule has 2 saturated heterocycles. The number of carbonyl (C=O) groups is 1. The lowest BCUT2D eigenvalue weighted by atomic mass is 9.88. The van der Waals surface area contributed by atoms with Crippen LogP contribution < -0.4 is 0 Å². The van der Waals surface area contributed by atoms with E-state index in [1.54, 1.807) is 0 Å². The number of aryl methyl sites for hydroxylation is 1. The second kappa shape index (κ2) is 10.5. The highest BCUT2D eigenvalue weighted by atomic mass is 19.4. The summed E-state index contributed by atoms with van der Waals surface area (Å²) in [6.45, 7) is 4.48. The second-order valence-corrected chi connectivity index (χ2v) is 8.18. The molecule has 0 bridgehead atoms. The van der Waals surface area contributed by atoms with E-state index in [1.807, 2.05) is 24.0 Å². The standard InChI is InChI=1S/C20H27N3O2.C2HF3O2/c1-22-10-7-18(21-22)14-23-11-8-20(9-12-23)13-19(16-25-20)24-15-17-5-3-2-4-6-17;3-2(4,5)1(6)7/h2-7,10,19H,8-9,11-16H2,1H3;(H,6,7). The van der Waals surface area contributed by atoms with E-state index in [9.17, 15) is 13.2 Å². The minimum absolute atomic E-state index is 0.0297. The number of alkyl halides is 3. The minimum Gasteiger partial charge on any atom is -0.475 e. The van der Waals surface area contributed by atoms with Crippen molar-refractivity contribution in [1.82, 2.24) is 14.7 Å². The van der Waals surface area contributed by atoms with E-state index >= 15 is 0 Å². The van der Waals surface area contributed by atoms with Crippen LogP contribution in [-0.2, 0) is 34.5 Å². The first-order chi connectivity index (χ1) is 15.2. The van der Waals surface area contributed by atoms with Gasteiger partial charge in [0.25, 0.3) is 0 Å². The molecule has 10 heteroatoms. The monoisotopic (exact) mass is 455 g/mol. The summed E-state index contributed by atoms with van der Waals surface area (Å²) >= 11 is 0. The molecule has 0 radical (unpaired) electrons. The molecule has 1 atom stereocenters. The van der Waals surface area contributed by atoms with Gasteiger partial charge in [-0.15, -0.1) is 0 Å². The van der Waals surface area contributed by atoms with Crippen LogP contribution in [-0.4, -0.2) is 63.3 Å². The summed E-state index contributed by atoms with van der Waals surface area (Å²) < 4.78 is 45.9. The molecule has 2 aliphatic heterocycles. The number of aromatic nitrogens is 2. The number of benzene rings is 1. The van der Waals surface area contributed by atoms with Crippen molar-refractivity contribution in [2.24, 2.45) is 7.05 Å². The summed E-state index contributed by atoms with van der Waals surface area (Å²) in [5.74, 6) is -2.76. The molecule has 2 aromatic rings. The number of carboxylic acid groups (broad SMARTS) is 1. The van der Waals surface area contributed by atoms with Crippen molar-refractivity contribution in [3.05, 3.63) is 53.9 Å². The van der Waals surface area contributed by atoms with Crippen LogP contribution >= 0.6 is 0 Å². The van der Waals surface area contributed by atoms with Crippen LogP contribution in [0.1, 0.15) is 30.5 Å². The van der Waals surface area contributed by atoms with Gasteiger partial charge in [-0.1, -0.05) is 30.3 Å². The minimum atomic E-state index is -5.08. The van der Waals surface area contributed by atoms with Gasteiger partial charge in [-0.25, -0.2) is 4.79 Å². The van der Waals surface area contributed by atoms with Gasteiger partial charge in [0, 0.05) is 39.3 Å². The normalized spacial score (nSPS) is 20.7. The smallest absolute Gasteiger partial charge is 0.475 e. The highest BCUT2D eigenvalue weighted by Crippen LogP contribution is 2.37. The number of hydrogen-bond acceptors (Lipinski definition) is 5. The molecule has 3 heterocycles. The molecule has 176 valence electrons. The summed E-state index contributed by atoms with van der Waals surface area (Å²) in [6, 6.07) is 12.5. The lowest BCUT2D eigenvalue weighted by Crippen LogP contribution is -2.44. The van der Waals surface area contributed by atoms with Crippen LogP contribution in [0, 0.1) is 0 Å². The Labute approximate surface area is 184 Å². The maximum absolute atomic E-state index is 10.6. The molecule has 1 unspecified atom stereocenters. The molecule has 0 amide bonds. The lowest BCUT2D eigenvalue weighted by Gasteiger charge is -2.38. The molecule has 2 fully saturated rings. The molecule has 1 aromatic heterocycles. The summed E-state index contributed by atoms with van der Waals surface area (Å²) in [5.41, 5.74) is 2.41. The van der Waals surface area contributed by atoms with Crippen molar-refractivity contribution in [1.29, 1.82) is 0 Å². The van der Waals surface area contributed by atoms with E-state index in [0.717, 1.165) is 51.2 Å². The van der Waals surface area contributed by atoms with E-state index in [0.29, 0.717) is 6.61 Å². The third-order valence-electron chi connectivity index (χ3n) is 5.67. The molecule has 32 heavy (non-hydrogen) atoms. The quantitative estimate of drug-likeness (QED) is 0.745. The number of carboxylic acids is 1. The van der Waals surface area contributed by atoms with Gasteiger partial charge in [0.1, 0.15) is 0 Å². The Hall–Kier alpha value is -2.43. The predicted octanol–water partition coefficient (Wildman–Crippen LogP) is 3.39. The van der Waals surface area contributed by atoms with Crippen LogP contribution in [0.3, 0.4) is 0 Å². The van der Waals surface area contributed by atoms with Crippen LogP contribution in [0.4, 0.5) is 13.2 Å². The molecular weight excluding hydrogens is 427 g/mol. The Morgan fingerprint density at radius 3 is 2.47 bits per heavy atom. The SMILES string of the molecule is Cn1ccc(CN2CCC3(CC2)CC(OCc2ccccc2)CO3)n1.O=C(O)C(F)(F)F. The maximum Gasteiger partial charge on any atom is 0.490 e. The topological polar surface area (TPSA) is 76.8 Å². The molecule has 1 N–H and O–H groups in total. The van der Waals surface area contributed by atoms with Gasteiger partial charge in [0.15, 0.2) is 0 Å². The first kappa shape index (κ1) is 24.2. The maximum atomic E-state index is 10.6. The molecule has 4 rings (SSSR count). The molecule has 7 nitrogen and oxygen atoms in total. The fourth-order valence-corrected chi connectivity index (χ4v) is 3.94. The first-order valence-corrected chi connectivity index (χ1v) is 10.5. The largest absolute Gasteiger partial charge is 0.490 e. The van der Waals surface area contributed by atoms with Gasteiger partial charge in [0.2, 0.25) is 0 Å². The average Bonchev–Trinajstić information content (AvgIpc) is 3.35. The van der Waals surface area contributed by atoms with E-state index < -0.39 is 12.1 Å². The Bertz CT molecular complexity index is 865. The number of piperidine rings is 1. The van der Waals surface area contributed by atoms with Gasteiger partial charge >= 0.3 is 12.1 Å². The van der Waals surface area contributed by atoms with Crippen molar-refractivity contribution < 1.29 is 32.5 Å². The second-order valence-electron chi connectivity index (χ2n) is 8.18. The summed E-state index contributed by atoms with van der Waals surface area (Å²) in [4.78, 5) is 11.4. The lowest BCUT2D eigenvalue weighted by molar-refractivity contribution is -0.192. The van der Waals surface area contributed by atoms with Gasteiger partial charge < -0.3 is 14.6 Å². The van der Waals surface area contributed by atoms with Crippen molar-refractivity contribution in [3.8, 4) is 0 Å². The highest BCUT2D eigenvalue weighted by Gasteiger charge is 2.43. The van der Waals surface area contributed by atoms with Gasteiger partial charge in [-0.2, -0.15) is 18.3 Å². The number of nitrogens with zero attached hydrogens (tertiary/aromatic N) is 3. The third-order valence-corrected chi connectivity index (χ3v) is 5.67. The summed E-state index contributed by atoms with van der Waals surface area (Å²) in [6.07, 6.45) is 0.352. The highest BCUT2D eigenvalue weighted by molar-refractivity contribution is 5.73. The Morgan fingerprint density at radius 1 is 1.25 bits per heavy atom. The summed E-state index contributed by atoms with van der Waals surface area (Å²) in [5, 5.41) is 11.6. The van der Waals surface area contributed by atoms with Crippen molar-refractivity contribution in [2.75, 3.05) is 19.7 Å². The molecule has 1 spiro atoms. The van der Waals surface area contributed by atoms with Crippen molar-refractivity contribution >= 4 is 5.97 Å². The van der Waals surface area contributed by atoms with Crippen LogP contribution in [0.2, 0.25) is 0 Å². The third kappa shape index (κ3) is 7.04. The van der Waals surface area contributed by atoms with Crippen LogP contribution in [0.15, 0.2) is 42.6 Å². The number of halogens is 3. The fourth-order valence-electron chi connectivity index (χ4n) is 3.94. The van der Waals surface area contributed by atoms with E-state index in [-0.39, 0.29) is 11.7 Å². The molecule has 0 saturated carbocycles. The number of ether oxygens (including phenoxy) is 2. The number of aliphatic carboxylic acids is 1. The zero-order chi connectivity index (χ0) is 23.2. The predicted molar refractivity (Wildman–Crippen MR) is 110 cm³/mol. The van der Waals surface area contributed by atoms with Gasteiger partial charge in [-0.3, -0.25) is 9.58 Å². The molecule has 2 aliphatic rings. The molecular formula is C22H28F3N3O4. The zero-order valence-corrected chi connectivity index (χ0v) is 17.9. The van der Waals surface area contributed by atoms with Crippen molar-refractivity contribution in [3.63, 3.8) is 0 Å². The average molecular weight is 455 g/mol.